The molecule has 4 heteroatoms. The van der Waals surface area contributed by atoms with Gasteiger partial charge in [0.15, 0.2) is 0 Å². The van der Waals surface area contributed by atoms with Crippen molar-refractivity contribution in [1.82, 2.24) is 9.55 Å². The Hall–Kier alpha value is -1.29. The summed E-state index contributed by atoms with van der Waals surface area (Å²) in [5.74, 6) is 1.02. The number of nitrogens with zero attached hydrogens (tertiary/aromatic N) is 2. The molecule has 0 aromatic carbocycles. The van der Waals surface area contributed by atoms with E-state index in [0.717, 1.165) is 12.4 Å². The molecule has 0 radical (unpaired) electrons. The maximum atomic E-state index is 4.40. The zero-order chi connectivity index (χ0) is 11.7. The van der Waals surface area contributed by atoms with Gasteiger partial charge in [0.1, 0.15) is 0 Å². The number of anilines is 1. The van der Waals surface area contributed by atoms with Gasteiger partial charge in [0.25, 0.3) is 0 Å². The molecule has 0 saturated heterocycles. The molecule has 17 heavy (non-hydrogen) atoms. The number of hydrogen-bond donors (Lipinski definition) is 1. The fourth-order valence-electron chi connectivity index (χ4n) is 2.04. The van der Waals surface area contributed by atoms with E-state index in [-0.39, 0.29) is 0 Å². The van der Waals surface area contributed by atoms with Crippen LogP contribution in [0.5, 0.6) is 0 Å². The summed E-state index contributed by atoms with van der Waals surface area (Å²) < 4.78 is 2.25. The van der Waals surface area contributed by atoms with Crippen molar-refractivity contribution in [2.45, 2.75) is 38.3 Å². The SMILES string of the molecule is CC(Cc1ccsc1)n1ccnc1NC1CC1. The van der Waals surface area contributed by atoms with Crippen LogP contribution in [0.3, 0.4) is 0 Å². The molecular formula is C13H17N3S. The Balaban J connectivity index is 1.71. The topological polar surface area (TPSA) is 29.9 Å². The zero-order valence-electron chi connectivity index (χ0n) is 9.97. The number of thiophene rings is 1. The minimum atomic E-state index is 0.452. The fraction of sp³-hybridized carbons (Fsp3) is 0.462. The molecule has 2 aromatic rings. The van der Waals surface area contributed by atoms with Crippen molar-refractivity contribution in [2.24, 2.45) is 0 Å². The molecule has 1 aliphatic rings. The Morgan fingerprint density at radius 3 is 3.18 bits per heavy atom. The van der Waals surface area contributed by atoms with Gasteiger partial charge in [-0.05, 0) is 48.6 Å². The van der Waals surface area contributed by atoms with Crippen LogP contribution in [0.1, 0.15) is 31.4 Å². The van der Waals surface area contributed by atoms with E-state index in [1.165, 1.54) is 18.4 Å². The van der Waals surface area contributed by atoms with Gasteiger partial charge in [-0.1, -0.05) is 0 Å². The minimum Gasteiger partial charge on any atom is -0.353 e. The van der Waals surface area contributed by atoms with Gasteiger partial charge in [-0.3, -0.25) is 0 Å². The lowest BCUT2D eigenvalue weighted by atomic mass is 10.1. The fourth-order valence-corrected chi connectivity index (χ4v) is 2.72. The summed E-state index contributed by atoms with van der Waals surface area (Å²) in [4.78, 5) is 4.40. The highest BCUT2D eigenvalue weighted by atomic mass is 32.1. The summed E-state index contributed by atoms with van der Waals surface area (Å²) in [5.41, 5.74) is 1.41. The molecule has 1 aliphatic carbocycles. The standard InChI is InChI=1S/C13H17N3S/c1-10(8-11-4-7-17-9-11)16-6-5-14-13(16)15-12-2-3-12/h4-7,9-10,12H,2-3,8H2,1H3,(H,14,15). The monoisotopic (exact) mass is 247 g/mol. The molecule has 1 N–H and O–H groups in total. The normalized spacial score (nSPS) is 17.0. The van der Waals surface area contributed by atoms with E-state index in [9.17, 15) is 0 Å². The molecule has 1 saturated carbocycles. The van der Waals surface area contributed by atoms with E-state index in [2.05, 4.69) is 44.8 Å². The lowest BCUT2D eigenvalue weighted by Gasteiger charge is -2.16. The van der Waals surface area contributed by atoms with Crippen LogP contribution in [0.15, 0.2) is 29.2 Å². The second-order valence-corrected chi connectivity index (χ2v) is 5.54. The van der Waals surface area contributed by atoms with Crippen molar-refractivity contribution in [3.8, 4) is 0 Å². The molecule has 2 heterocycles. The molecule has 1 atom stereocenters. The van der Waals surface area contributed by atoms with Crippen LogP contribution >= 0.6 is 11.3 Å². The second-order valence-electron chi connectivity index (χ2n) is 4.76. The minimum absolute atomic E-state index is 0.452. The number of nitrogens with one attached hydrogen (secondary N) is 1. The van der Waals surface area contributed by atoms with E-state index >= 15 is 0 Å². The molecule has 0 amide bonds. The first kappa shape index (κ1) is 10.8. The van der Waals surface area contributed by atoms with Gasteiger partial charge in [-0.15, -0.1) is 0 Å². The lowest BCUT2D eigenvalue weighted by Crippen LogP contribution is -2.13. The van der Waals surface area contributed by atoms with Crippen molar-refractivity contribution in [3.05, 3.63) is 34.8 Å². The highest BCUT2D eigenvalue weighted by Gasteiger charge is 2.23. The third-order valence-electron chi connectivity index (χ3n) is 3.17. The molecule has 0 spiro atoms. The van der Waals surface area contributed by atoms with Crippen LogP contribution in [0.2, 0.25) is 0 Å². The molecular weight excluding hydrogens is 230 g/mol. The highest BCUT2D eigenvalue weighted by molar-refractivity contribution is 7.07. The van der Waals surface area contributed by atoms with Crippen molar-refractivity contribution in [1.29, 1.82) is 0 Å². The number of imidazole rings is 1. The Morgan fingerprint density at radius 1 is 1.59 bits per heavy atom. The van der Waals surface area contributed by atoms with Crippen LogP contribution in [-0.4, -0.2) is 15.6 Å². The average molecular weight is 247 g/mol. The van der Waals surface area contributed by atoms with Crippen molar-refractivity contribution in [2.75, 3.05) is 5.32 Å². The summed E-state index contributed by atoms with van der Waals surface area (Å²) in [6, 6.07) is 3.31. The predicted molar refractivity (Wildman–Crippen MR) is 71.6 cm³/mol. The number of hydrogen-bond acceptors (Lipinski definition) is 3. The molecule has 1 fully saturated rings. The van der Waals surface area contributed by atoms with Gasteiger partial charge in [0.2, 0.25) is 5.95 Å². The number of aromatic nitrogens is 2. The van der Waals surface area contributed by atoms with E-state index in [1.807, 2.05) is 6.20 Å². The van der Waals surface area contributed by atoms with E-state index in [1.54, 1.807) is 11.3 Å². The quantitative estimate of drug-likeness (QED) is 0.878. The lowest BCUT2D eigenvalue weighted by molar-refractivity contribution is 0.549. The predicted octanol–water partition coefficient (Wildman–Crippen LogP) is 3.32. The summed E-state index contributed by atoms with van der Waals surface area (Å²) in [7, 11) is 0. The van der Waals surface area contributed by atoms with Gasteiger partial charge in [0, 0.05) is 24.5 Å². The Morgan fingerprint density at radius 2 is 2.47 bits per heavy atom. The van der Waals surface area contributed by atoms with Crippen molar-refractivity contribution in [3.63, 3.8) is 0 Å². The van der Waals surface area contributed by atoms with E-state index in [0.29, 0.717) is 12.1 Å². The summed E-state index contributed by atoms with van der Waals surface area (Å²) in [6.45, 7) is 2.25. The molecule has 0 bridgehead atoms. The third-order valence-corrected chi connectivity index (χ3v) is 3.90. The zero-order valence-corrected chi connectivity index (χ0v) is 10.8. The van der Waals surface area contributed by atoms with E-state index in [4.69, 9.17) is 0 Å². The third kappa shape index (κ3) is 2.52. The molecule has 3 nitrogen and oxygen atoms in total. The second kappa shape index (κ2) is 4.53. The first-order valence-electron chi connectivity index (χ1n) is 6.13. The van der Waals surface area contributed by atoms with E-state index < -0.39 is 0 Å². The summed E-state index contributed by atoms with van der Waals surface area (Å²) >= 11 is 1.76. The summed E-state index contributed by atoms with van der Waals surface area (Å²) in [6.07, 6.45) is 7.59. The van der Waals surface area contributed by atoms with Gasteiger partial charge in [-0.2, -0.15) is 11.3 Å². The highest BCUT2D eigenvalue weighted by Crippen LogP contribution is 2.26. The molecule has 1 unspecified atom stereocenters. The summed E-state index contributed by atoms with van der Waals surface area (Å²) in [5, 5.41) is 7.84. The van der Waals surface area contributed by atoms with Gasteiger partial charge in [0.05, 0.1) is 0 Å². The maximum Gasteiger partial charge on any atom is 0.203 e. The van der Waals surface area contributed by atoms with Crippen molar-refractivity contribution >= 4 is 17.3 Å². The van der Waals surface area contributed by atoms with Crippen LogP contribution in [0, 0.1) is 0 Å². The first-order chi connectivity index (χ1) is 8.33. The van der Waals surface area contributed by atoms with Gasteiger partial charge >= 0.3 is 0 Å². The molecule has 2 aromatic heterocycles. The van der Waals surface area contributed by atoms with Crippen LogP contribution in [0.25, 0.3) is 0 Å². The molecule has 3 rings (SSSR count). The van der Waals surface area contributed by atoms with Crippen LogP contribution in [-0.2, 0) is 6.42 Å². The molecule has 90 valence electrons. The Bertz CT molecular complexity index is 471. The van der Waals surface area contributed by atoms with Crippen LogP contribution < -0.4 is 5.32 Å². The van der Waals surface area contributed by atoms with Gasteiger partial charge in [-0.25, -0.2) is 4.98 Å². The van der Waals surface area contributed by atoms with Crippen molar-refractivity contribution < 1.29 is 0 Å². The molecule has 0 aliphatic heterocycles. The largest absolute Gasteiger partial charge is 0.353 e. The average Bonchev–Trinajstić information content (AvgIpc) is 2.80. The van der Waals surface area contributed by atoms with Crippen LogP contribution in [0.4, 0.5) is 5.95 Å². The van der Waals surface area contributed by atoms with Gasteiger partial charge < -0.3 is 9.88 Å². The first-order valence-corrected chi connectivity index (χ1v) is 7.07. The Kier molecular flexibility index (Phi) is 2.89. The maximum absolute atomic E-state index is 4.40. The number of rotatable bonds is 5. The smallest absolute Gasteiger partial charge is 0.203 e. The Labute approximate surface area is 106 Å².